The molecule has 1 amide bonds. The van der Waals surface area contributed by atoms with Gasteiger partial charge in [-0.3, -0.25) is 4.79 Å². The Kier molecular flexibility index (Phi) is 5.23. The third kappa shape index (κ3) is 3.83. The van der Waals surface area contributed by atoms with Crippen molar-refractivity contribution in [1.29, 1.82) is 0 Å². The van der Waals surface area contributed by atoms with Crippen LogP contribution in [0.4, 0.5) is 5.82 Å². The summed E-state index contributed by atoms with van der Waals surface area (Å²) < 4.78 is 7.31. The number of nitrogens with zero attached hydrogens (tertiary/aromatic N) is 5. The van der Waals surface area contributed by atoms with E-state index < -0.39 is 0 Å². The fraction of sp³-hybridized carbons (Fsp3) is 0.286. The number of anilines is 1. The Balaban J connectivity index is 1.38. The molecule has 0 bridgehead atoms. The fourth-order valence-electron chi connectivity index (χ4n) is 3.45. The van der Waals surface area contributed by atoms with E-state index in [2.05, 4.69) is 14.9 Å². The van der Waals surface area contributed by atoms with Gasteiger partial charge in [0, 0.05) is 50.2 Å². The molecular formula is C21H23N5O2. The molecule has 0 N–H and O–H groups in total. The Morgan fingerprint density at radius 2 is 1.71 bits per heavy atom. The standard InChI is InChI=1S/C21H23N5O2/c1-28-18-7-3-2-6-17(18)14-21(27)26-12-10-25(11-13-26)20-15-19(22-16-23-20)24-8-4-5-9-24/h2-9,15-16H,10-14H2,1H3. The maximum Gasteiger partial charge on any atom is 0.227 e. The molecule has 0 radical (unpaired) electrons. The summed E-state index contributed by atoms with van der Waals surface area (Å²) in [6.45, 7) is 2.85. The summed E-state index contributed by atoms with van der Waals surface area (Å²) in [4.78, 5) is 25.6. The van der Waals surface area contributed by atoms with Gasteiger partial charge < -0.3 is 19.1 Å². The highest BCUT2D eigenvalue weighted by molar-refractivity contribution is 5.79. The summed E-state index contributed by atoms with van der Waals surface area (Å²) in [6.07, 6.45) is 5.86. The average Bonchev–Trinajstić information content (AvgIpc) is 3.29. The van der Waals surface area contributed by atoms with Gasteiger partial charge in [-0.15, -0.1) is 0 Å². The van der Waals surface area contributed by atoms with Gasteiger partial charge in [-0.05, 0) is 18.2 Å². The summed E-state index contributed by atoms with van der Waals surface area (Å²) in [5.41, 5.74) is 0.921. The molecule has 1 saturated heterocycles. The number of piperazine rings is 1. The number of hydrogen-bond donors (Lipinski definition) is 0. The Labute approximate surface area is 164 Å². The molecule has 3 heterocycles. The molecule has 0 saturated carbocycles. The number of ether oxygens (including phenoxy) is 1. The van der Waals surface area contributed by atoms with E-state index >= 15 is 0 Å². The van der Waals surface area contributed by atoms with E-state index in [0.29, 0.717) is 19.5 Å². The maximum atomic E-state index is 12.7. The molecule has 144 valence electrons. The van der Waals surface area contributed by atoms with E-state index in [1.54, 1.807) is 13.4 Å². The number of methoxy groups -OCH3 is 1. The highest BCUT2D eigenvalue weighted by atomic mass is 16.5. The van der Waals surface area contributed by atoms with E-state index in [-0.39, 0.29) is 5.91 Å². The third-order valence-corrected chi connectivity index (χ3v) is 5.00. The molecule has 0 spiro atoms. The van der Waals surface area contributed by atoms with Crippen molar-refractivity contribution in [3.8, 4) is 11.6 Å². The van der Waals surface area contributed by atoms with Gasteiger partial charge in [-0.25, -0.2) is 9.97 Å². The van der Waals surface area contributed by atoms with Gasteiger partial charge in [0.2, 0.25) is 5.91 Å². The van der Waals surface area contributed by atoms with Crippen LogP contribution >= 0.6 is 0 Å². The Morgan fingerprint density at radius 1 is 1.00 bits per heavy atom. The molecule has 0 atom stereocenters. The zero-order chi connectivity index (χ0) is 19.3. The van der Waals surface area contributed by atoms with Crippen LogP contribution in [0.3, 0.4) is 0 Å². The SMILES string of the molecule is COc1ccccc1CC(=O)N1CCN(c2cc(-n3cccc3)ncn2)CC1. The predicted molar refractivity (Wildman–Crippen MR) is 107 cm³/mol. The van der Waals surface area contributed by atoms with E-state index in [1.807, 2.05) is 64.3 Å². The van der Waals surface area contributed by atoms with Gasteiger partial charge in [0.05, 0.1) is 13.5 Å². The van der Waals surface area contributed by atoms with E-state index in [9.17, 15) is 4.79 Å². The first-order valence-electron chi connectivity index (χ1n) is 9.34. The number of aromatic nitrogens is 3. The second-order valence-corrected chi connectivity index (χ2v) is 6.68. The second kappa shape index (κ2) is 8.12. The van der Waals surface area contributed by atoms with E-state index in [4.69, 9.17) is 4.74 Å². The van der Waals surface area contributed by atoms with Crippen LogP contribution < -0.4 is 9.64 Å². The van der Waals surface area contributed by atoms with Crippen LogP contribution in [0.1, 0.15) is 5.56 Å². The normalized spacial score (nSPS) is 14.2. The molecule has 3 aromatic rings. The largest absolute Gasteiger partial charge is 0.496 e. The molecule has 28 heavy (non-hydrogen) atoms. The molecule has 1 aliphatic rings. The second-order valence-electron chi connectivity index (χ2n) is 6.68. The van der Waals surface area contributed by atoms with Crippen LogP contribution in [0.5, 0.6) is 5.75 Å². The fourth-order valence-corrected chi connectivity index (χ4v) is 3.45. The smallest absolute Gasteiger partial charge is 0.227 e. The first-order chi connectivity index (χ1) is 13.7. The van der Waals surface area contributed by atoms with Crippen LogP contribution in [0.2, 0.25) is 0 Å². The molecule has 1 fully saturated rings. The maximum absolute atomic E-state index is 12.7. The third-order valence-electron chi connectivity index (χ3n) is 5.00. The van der Waals surface area contributed by atoms with Crippen LogP contribution in [0.25, 0.3) is 5.82 Å². The van der Waals surface area contributed by atoms with Gasteiger partial charge in [0.1, 0.15) is 23.7 Å². The zero-order valence-electron chi connectivity index (χ0n) is 15.9. The number of benzene rings is 1. The molecule has 7 heteroatoms. The average molecular weight is 377 g/mol. The van der Waals surface area contributed by atoms with Gasteiger partial charge in [-0.2, -0.15) is 0 Å². The zero-order valence-corrected chi connectivity index (χ0v) is 15.9. The van der Waals surface area contributed by atoms with Gasteiger partial charge in [-0.1, -0.05) is 18.2 Å². The quantitative estimate of drug-likeness (QED) is 0.682. The minimum atomic E-state index is 0.125. The lowest BCUT2D eigenvalue weighted by Gasteiger charge is -2.35. The molecule has 2 aromatic heterocycles. The molecule has 1 aliphatic heterocycles. The molecule has 4 rings (SSSR count). The number of carbonyl (C=O) groups excluding carboxylic acids is 1. The molecule has 7 nitrogen and oxygen atoms in total. The first-order valence-corrected chi connectivity index (χ1v) is 9.34. The summed E-state index contributed by atoms with van der Waals surface area (Å²) in [5.74, 6) is 2.60. The molecular weight excluding hydrogens is 354 g/mol. The lowest BCUT2D eigenvalue weighted by molar-refractivity contribution is -0.130. The lowest BCUT2D eigenvalue weighted by Crippen LogP contribution is -2.49. The Morgan fingerprint density at radius 3 is 2.46 bits per heavy atom. The van der Waals surface area contributed by atoms with Gasteiger partial charge in [0.25, 0.3) is 0 Å². The van der Waals surface area contributed by atoms with Crippen molar-refractivity contribution >= 4 is 11.7 Å². The van der Waals surface area contributed by atoms with Crippen molar-refractivity contribution in [3.05, 3.63) is 66.7 Å². The van der Waals surface area contributed by atoms with Gasteiger partial charge >= 0.3 is 0 Å². The van der Waals surface area contributed by atoms with Crippen LogP contribution in [-0.4, -0.2) is 58.6 Å². The summed E-state index contributed by atoms with van der Waals surface area (Å²) in [6, 6.07) is 13.6. The van der Waals surface area contributed by atoms with Crippen molar-refractivity contribution in [2.75, 3.05) is 38.2 Å². The first kappa shape index (κ1) is 18.0. The number of para-hydroxylation sites is 1. The van der Waals surface area contributed by atoms with Crippen LogP contribution in [0, 0.1) is 0 Å². The van der Waals surface area contributed by atoms with Crippen molar-refractivity contribution in [1.82, 2.24) is 19.4 Å². The van der Waals surface area contributed by atoms with Crippen molar-refractivity contribution in [2.45, 2.75) is 6.42 Å². The monoisotopic (exact) mass is 377 g/mol. The van der Waals surface area contributed by atoms with E-state index in [0.717, 1.165) is 36.0 Å². The van der Waals surface area contributed by atoms with Gasteiger partial charge in [0.15, 0.2) is 0 Å². The summed E-state index contributed by atoms with van der Waals surface area (Å²) in [5, 5.41) is 0. The Bertz CT molecular complexity index is 933. The summed E-state index contributed by atoms with van der Waals surface area (Å²) >= 11 is 0. The highest BCUT2D eigenvalue weighted by Crippen LogP contribution is 2.20. The number of amides is 1. The highest BCUT2D eigenvalue weighted by Gasteiger charge is 2.23. The van der Waals surface area contributed by atoms with Crippen molar-refractivity contribution < 1.29 is 9.53 Å². The molecule has 1 aromatic carbocycles. The van der Waals surface area contributed by atoms with Crippen LogP contribution in [-0.2, 0) is 11.2 Å². The minimum Gasteiger partial charge on any atom is -0.496 e. The van der Waals surface area contributed by atoms with Crippen molar-refractivity contribution in [2.24, 2.45) is 0 Å². The minimum absolute atomic E-state index is 0.125. The topological polar surface area (TPSA) is 63.5 Å². The number of rotatable bonds is 5. The number of carbonyl (C=O) groups is 1. The van der Waals surface area contributed by atoms with Crippen molar-refractivity contribution in [3.63, 3.8) is 0 Å². The van der Waals surface area contributed by atoms with Crippen LogP contribution in [0.15, 0.2) is 61.2 Å². The van der Waals surface area contributed by atoms with E-state index in [1.165, 1.54) is 0 Å². The Hall–Kier alpha value is -3.35. The number of hydrogen-bond acceptors (Lipinski definition) is 5. The molecule has 0 aliphatic carbocycles. The predicted octanol–water partition coefficient (Wildman–Crippen LogP) is 2.17. The lowest BCUT2D eigenvalue weighted by atomic mass is 10.1. The summed E-state index contributed by atoms with van der Waals surface area (Å²) in [7, 11) is 1.63. The molecule has 0 unspecified atom stereocenters.